The number of nitrogens with zero attached hydrogens (tertiary/aromatic N) is 1. The van der Waals surface area contributed by atoms with E-state index in [0.717, 1.165) is 0 Å². The maximum atomic E-state index is 10.7. The van der Waals surface area contributed by atoms with Gasteiger partial charge in [0.2, 0.25) is 5.75 Å². The Morgan fingerprint density at radius 2 is 2.18 bits per heavy atom. The van der Waals surface area contributed by atoms with Crippen LogP contribution in [0.2, 0.25) is 0 Å². The molecule has 17 heavy (non-hydrogen) atoms. The van der Waals surface area contributed by atoms with Crippen molar-refractivity contribution in [2.45, 2.75) is 25.9 Å². The lowest BCUT2D eigenvalue weighted by molar-refractivity contribution is -0.386. The summed E-state index contributed by atoms with van der Waals surface area (Å²) in [7, 11) is 1.33. The molecule has 1 rings (SSSR count). The van der Waals surface area contributed by atoms with Crippen LogP contribution < -0.4 is 4.74 Å². The molecule has 0 amide bonds. The Hall–Kier alpha value is -1.82. The number of aromatic hydroxyl groups is 1. The van der Waals surface area contributed by atoms with E-state index in [1.165, 1.54) is 19.2 Å². The van der Waals surface area contributed by atoms with Crippen molar-refractivity contribution in [1.29, 1.82) is 0 Å². The molecule has 0 aliphatic rings. The number of benzene rings is 1. The number of nitro groups is 1. The Kier molecular flexibility index (Phi) is 4.28. The highest BCUT2D eigenvalue weighted by Crippen LogP contribution is 2.37. The van der Waals surface area contributed by atoms with Gasteiger partial charge in [-0.3, -0.25) is 10.1 Å². The molecule has 6 heteroatoms. The van der Waals surface area contributed by atoms with Gasteiger partial charge < -0.3 is 14.9 Å². The van der Waals surface area contributed by atoms with Gasteiger partial charge in [-0.05, 0) is 31.4 Å². The molecule has 1 atom stereocenters. The predicted molar refractivity (Wildman–Crippen MR) is 61.3 cm³/mol. The molecule has 0 unspecified atom stereocenters. The molecule has 6 nitrogen and oxygen atoms in total. The fourth-order valence-corrected chi connectivity index (χ4v) is 1.46. The van der Waals surface area contributed by atoms with E-state index in [1.54, 1.807) is 6.92 Å². The zero-order chi connectivity index (χ0) is 13.0. The number of aryl methyl sites for hydroxylation is 1. The molecule has 1 aromatic rings. The van der Waals surface area contributed by atoms with Gasteiger partial charge in [0.25, 0.3) is 0 Å². The summed E-state index contributed by atoms with van der Waals surface area (Å²) >= 11 is 0. The average molecular weight is 241 g/mol. The fourth-order valence-electron chi connectivity index (χ4n) is 1.46. The van der Waals surface area contributed by atoms with Crippen LogP contribution in [0.25, 0.3) is 0 Å². The van der Waals surface area contributed by atoms with Gasteiger partial charge in [-0.25, -0.2) is 0 Å². The number of hydrogen-bond acceptors (Lipinski definition) is 5. The van der Waals surface area contributed by atoms with Gasteiger partial charge in [-0.15, -0.1) is 0 Å². The van der Waals surface area contributed by atoms with Crippen LogP contribution in [0.3, 0.4) is 0 Å². The summed E-state index contributed by atoms with van der Waals surface area (Å²) < 4.78 is 4.87. The number of phenols is 1. The van der Waals surface area contributed by atoms with E-state index < -0.39 is 16.8 Å². The number of aliphatic hydroxyl groups excluding tert-OH is 1. The van der Waals surface area contributed by atoms with Gasteiger partial charge >= 0.3 is 5.69 Å². The number of rotatable bonds is 5. The van der Waals surface area contributed by atoms with Crippen molar-refractivity contribution in [3.63, 3.8) is 0 Å². The Bertz CT molecular complexity index is 417. The zero-order valence-corrected chi connectivity index (χ0v) is 9.71. The van der Waals surface area contributed by atoms with E-state index in [4.69, 9.17) is 9.84 Å². The maximum Gasteiger partial charge on any atom is 0.314 e. The van der Waals surface area contributed by atoms with Crippen molar-refractivity contribution in [3.05, 3.63) is 27.8 Å². The minimum absolute atomic E-state index is 0.0693. The van der Waals surface area contributed by atoms with Crippen molar-refractivity contribution in [2.75, 3.05) is 7.11 Å². The van der Waals surface area contributed by atoms with Crippen LogP contribution in [-0.2, 0) is 6.42 Å². The largest absolute Gasteiger partial charge is 0.500 e. The molecule has 0 aliphatic heterocycles. The first-order valence-corrected chi connectivity index (χ1v) is 5.18. The van der Waals surface area contributed by atoms with Crippen molar-refractivity contribution in [2.24, 2.45) is 0 Å². The monoisotopic (exact) mass is 241 g/mol. The molecule has 2 N–H and O–H groups in total. The summed E-state index contributed by atoms with van der Waals surface area (Å²) in [6.45, 7) is 1.64. The summed E-state index contributed by atoms with van der Waals surface area (Å²) in [5.74, 6) is -0.405. The van der Waals surface area contributed by atoms with Crippen LogP contribution in [0.4, 0.5) is 5.69 Å². The number of hydrogen-bond donors (Lipinski definition) is 2. The minimum atomic E-state index is -0.663. The predicted octanol–water partition coefficient (Wildman–Crippen LogP) is 1.62. The highest BCUT2D eigenvalue weighted by Gasteiger charge is 2.19. The van der Waals surface area contributed by atoms with Crippen molar-refractivity contribution in [1.82, 2.24) is 0 Å². The van der Waals surface area contributed by atoms with Gasteiger partial charge in [0, 0.05) is 6.07 Å². The standard InChI is InChI=1S/C11H15NO5/c1-7(13)3-4-8-5-9(12(15)16)11(14)10(6-8)17-2/h5-7,13-14H,3-4H2,1-2H3/t7-/m1/s1. The van der Waals surface area contributed by atoms with E-state index in [-0.39, 0.29) is 11.4 Å². The van der Waals surface area contributed by atoms with E-state index >= 15 is 0 Å². The molecular weight excluding hydrogens is 226 g/mol. The van der Waals surface area contributed by atoms with E-state index in [2.05, 4.69) is 0 Å². The summed E-state index contributed by atoms with van der Waals surface area (Å²) in [5.41, 5.74) is 0.261. The molecule has 1 aromatic carbocycles. The normalized spacial score (nSPS) is 12.2. The van der Waals surface area contributed by atoms with Crippen molar-refractivity contribution in [3.8, 4) is 11.5 Å². The van der Waals surface area contributed by atoms with Crippen molar-refractivity contribution < 1.29 is 19.9 Å². The van der Waals surface area contributed by atoms with Crippen LogP contribution in [0, 0.1) is 10.1 Å². The number of ether oxygens (including phenoxy) is 1. The van der Waals surface area contributed by atoms with Crippen LogP contribution in [0.1, 0.15) is 18.9 Å². The lowest BCUT2D eigenvalue weighted by Gasteiger charge is -2.08. The molecule has 0 aromatic heterocycles. The van der Waals surface area contributed by atoms with Crippen LogP contribution in [0.15, 0.2) is 12.1 Å². The molecule has 0 saturated heterocycles. The van der Waals surface area contributed by atoms with Gasteiger partial charge in [0.15, 0.2) is 5.75 Å². The van der Waals surface area contributed by atoms with Gasteiger partial charge in [-0.1, -0.05) is 0 Å². The minimum Gasteiger partial charge on any atom is -0.500 e. The third-order valence-electron chi connectivity index (χ3n) is 2.38. The second-order valence-electron chi connectivity index (χ2n) is 3.81. The molecule has 94 valence electrons. The molecule has 0 spiro atoms. The number of aliphatic hydroxyl groups is 1. The third-order valence-corrected chi connectivity index (χ3v) is 2.38. The molecule has 0 aliphatic carbocycles. The molecule has 0 saturated carbocycles. The molecule has 0 radical (unpaired) electrons. The fraction of sp³-hybridized carbons (Fsp3) is 0.455. The summed E-state index contributed by atoms with van der Waals surface area (Å²) in [4.78, 5) is 10.1. The SMILES string of the molecule is COc1cc(CC[C@@H](C)O)cc([N+](=O)[O-])c1O. The quantitative estimate of drug-likeness (QED) is 0.603. The maximum absolute atomic E-state index is 10.7. The second kappa shape index (κ2) is 5.49. The van der Waals surface area contributed by atoms with Crippen LogP contribution in [0.5, 0.6) is 11.5 Å². The summed E-state index contributed by atoms with van der Waals surface area (Å²) in [6.07, 6.45) is 0.495. The molecule has 0 heterocycles. The molecular formula is C11H15NO5. The second-order valence-corrected chi connectivity index (χ2v) is 3.81. The van der Waals surface area contributed by atoms with Crippen LogP contribution >= 0.6 is 0 Å². The summed E-state index contributed by atoms with van der Waals surface area (Å²) in [5, 5.41) is 29.4. The Morgan fingerprint density at radius 3 is 2.65 bits per heavy atom. The number of methoxy groups -OCH3 is 1. The van der Waals surface area contributed by atoms with Gasteiger partial charge in [0.05, 0.1) is 18.1 Å². The first-order valence-electron chi connectivity index (χ1n) is 5.18. The topological polar surface area (TPSA) is 92.8 Å². The van der Waals surface area contributed by atoms with Gasteiger partial charge in [0.1, 0.15) is 0 Å². The number of phenolic OH excluding ortho intramolecular Hbond substituents is 1. The lowest BCUT2D eigenvalue weighted by atomic mass is 10.1. The third kappa shape index (κ3) is 3.32. The van der Waals surface area contributed by atoms with Gasteiger partial charge in [-0.2, -0.15) is 0 Å². The lowest BCUT2D eigenvalue weighted by Crippen LogP contribution is -2.02. The number of nitro benzene ring substituents is 1. The van der Waals surface area contributed by atoms with E-state index in [0.29, 0.717) is 18.4 Å². The Morgan fingerprint density at radius 1 is 1.53 bits per heavy atom. The first-order chi connectivity index (χ1) is 7.95. The molecule has 0 bridgehead atoms. The average Bonchev–Trinajstić information content (AvgIpc) is 2.27. The molecule has 0 fully saturated rings. The summed E-state index contributed by atoms with van der Waals surface area (Å²) in [6, 6.07) is 2.82. The highest BCUT2D eigenvalue weighted by molar-refractivity contribution is 5.57. The Balaban J connectivity index is 3.07. The smallest absolute Gasteiger partial charge is 0.314 e. The van der Waals surface area contributed by atoms with Crippen molar-refractivity contribution >= 4 is 5.69 Å². The Labute approximate surface area is 98.6 Å². The van der Waals surface area contributed by atoms with E-state index in [1.807, 2.05) is 0 Å². The van der Waals surface area contributed by atoms with E-state index in [9.17, 15) is 15.2 Å². The highest BCUT2D eigenvalue weighted by atomic mass is 16.6. The van der Waals surface area contributed by atoms with Crippen LogP contribution in [-0.4, -0.2) is 28.4 Å². The zero-order valence-electron chi connectivity index (χ0n) is 9.71. The first kappa shape index (κ1) is 13.2.